The van der Waals surface area contributed by atoms with Gasteiger partial charge in [0.05, 0.1) is 6.42 Å². The van der Waals surface area contributed by atoms with Crippen molar-refractivity contribution in [2.45, 2.75) is 11.8 Å². The van der Waals surface area contributed by atoms with Crippen LogP contribution >= 0.6 is 11.6 Å². The van der Waals surface area contributed by atoms with E-state index in [1.807, 2.05) is 0 Å². The van der Waals surface area contributed by atoms with E-state index >= 15 is 0 Å². The van der Waals surface area contributed by atoms with Gasteiger partial charge in [0.2, 0.25) is 11.8 Å². The monoisotopic (exact) mass is 163 g/mol. The zero-order valence-corrected chi connectivity index (χ0v) is 5.84. The number of carbonyl (C=O) groups excluding carboxylic acids is 2. The summed E-state index contributed by atoms with van der Waals surface area (Å²) in [5.41, 5.74) is 0. The minimum Gasteiger partial charge on any atom is -0.376 e. The number of carbonyl (C=O) groups is 2. The first-order valence-corrected chi connectivity index (χ1v) is 3.19. The molecule has 0 aromatic rings. The van der Waals surface area contributed by atoms with Crippen LogP contribution in [0, 0.1) is 0 Å². The van der Waals surface area contributed by atoms with Gasteiger partial charge in [-0.25, -0.2) is 0 Å². The molecule has 1 fully saturated rings. The van der Waals surface area contributed by atoms with E-state index in [1.54, 1.807) is 0 Å². The van der Waals surface area contributed by atoms with Crippen molar-refractivity contribution in [2.75, 3.05) is 6.73 Å². The highest BCUT2D eigenvalue weighted by Gasteiger charge is 2.36. The summed E-state index contributed by atoms with van der Waals surface area (Å²) in [4.78, 5) is 22.2. The number of amides is 2. The van der Waals surface area contributed by atoms with Gasteiger partial charge in [0.15, 0.2) is 0 Å². The lowest BCUT2D eigenvalue weighted by atomic mass is 10.4. The minimum atomic E-state index is -0.778. The number of alkyl halides is 1. The number of hydrogen-bond acceptors (Lipinski definition) is 3. The van der Waals surface area contributed by atoms with E-state index in [0.717, 1.165) is 4.90 Å². The molecule has 0 saturated carbocycles. The largest absolute Gasteiger partial charge is 0.376 e. The predicted molar refractivity (Wildman–Crippen MR) is 33.2 cm³/mol. The predicted octanol–water partition coefficient (Wildman–Crippen LogP) is -0.698. The van der Waals surface area contributed by atoms with Crippen molar-refractivity contribution in [2.24, 2.45) is 0 Å². The fourth-order valence-electron chi connectivity index (χ4n) is 0.791. The Bertz CT molecular complexity index is 182. The molecular weight excluding hydrogens is 158 g/mol. The Morgan fingerprint density at radius 1 is 1.70 bits per heavy atom. The normalized spacial score (nSPS) is 26.2. The molecule has 1 unspecified atom stereocenters. The first kappa shape index (κ1) is 7.50. The molecule has 0 bridgehead atoms. The van der Waals surface area contributed by atoms with Crippen LogP contribution in [0.25, 0.3) is 0 Å². The molecule has 1 N–H and O–H groups in total. The number of rotatable bonds is 1. The molecule has 1 saturated heterocycles. The molecular formula is C5H6ClNO3. The van der Waals surface area contributed by atoms with Crippen molar-refractivity contribution in [1.29, 1.82) is 0 Å². The second-order valence-electron chi connectivity index (χ2n) is 1.97. The Kier molecular flexibility index (Phi) is 1.92. The molecule has 2 amide bonds. The van der Waals surface area contributed by atoms with E-state index < -0.39 is 23.9 Å². The maximum Gasteiger partial charge on any atom is 0.249 e. The molecule has 0 spiro atoms. The fourth-order valence-corrected chi connectivity index (χ4v) is 1.04. The number of hydrogen-bond donors (Lipinski definition) is 1. The summed E-state index contributed by atoms with van der Waals surface area (Å²) in [5, 5.41) is 7.67. The van der Waals surface area contributed by atoms with Crippen LogP contribution in [0.4, 0.5) is 0 Å². The van der Waals surface area contributed by atoms with E-state index in [1.165, 1.54) is 0 Å². The van der Waals surface area contributed by atoms with Crippen molar-refractivity contribution in [3.63, 3.8) is 0 Å². The lowest BCUT2D eigenvalue weighted by Gasteiger charge is -2.07. The number of likely N-dealkylation sites (tertiary alicyclic amines) is 1. The van der Waals surface area contributed by atoms with Crippen LogP contribution in [0.1, 0.15) is 6.42 Å². The van der Waals surface area contributed by atoms with Gasteiger partial charge in [0.25, 0.3) is 0 Å². The molecule has 1 heterocycles. The number of imide groups is 1. The van der Waals surface area contributed by atoms with E-state index in [-0.39, 0.29) is 6.42 Å². The summed E-state index contributed by atoms with van der Waals surface area (Å²) in [5.74, 6) is -0.915. The Labute approximate surface area is 62.4 Å². The van der Waals surface area contributed by atoms with Crippen molar-refractivity contribution >= 4 is 23.4 Å². The van der Waals surface area contributed by atoms with E-state index in [0.29, 0.717) is 0 Å². The smallest absolute Gasteiger partial charge is 0.249 e. The lowest BCUT2D eigenvalue weighted by molar-refractivity contribution is -0.142. The first-order chi connectivity index (χ1) is 4.66. The summed E-state index contributed by atoms with van der Waals surface area (Å²) >= 11 is 5.41. The second kappa shape index (κ2) is 2.56. The van der Waals surface area contributed by atoms with Gasteiger partial charge < -0.3 is 5.11 Å². The summed E-state index contributed by atoms with van der Waals surface area (Å²) in [6.07, 6.45) is 0.000941. The SMILES string of the molecule is O=C1CC(Cl)C(=O)N1CO. The molecule has 0 radical (unpaired) electrons. The summed E-state index contributed by atoms with van der Waals surface area (Å²) < 4.78 is 0. The molecule has 1 atom stereocenters. The molecule has 10 heavy (non-hydrogen) atoms. The van der Waals surface area contributed by atoms with Crippen molar-refractivity contribution in [1.82, 2.24) is 4.90 Å². The highest BCUT2D eigenvalue weighted by atomic mass is 35.5. The zero-order valence-electron chi connectivity index (χ0n) is 5.08. The average Bonchev–Trinajstić information content (AvgIpc) is 2.09. The molecule has 1 aliphatic heterocycles. The number of aliphatic hydroxyl groups is 1. The summed E-state index contributed by atoms with van der Waals surface area (Å²) in [6, 6.07) is 0. The van der Waals surface area contributed by atoms with Crippen LogP contribution in [0.2, 0.25) is 0 Å². The summed E-state index contributed by atoms with van der Waals surface area (Å²) in [6.45, 7) is -0.569. The maximum atomic E-state index is 10.8. The van der Waals surface area contributed by atoms with Gasteiger partial charge in [-0.15, -0.1) is 11.6 Å². The van der Waals surface area contributed by atoms with Gasteiger partial charge in [-0.05, 0) is 0 Å². The molecule has 5 heteroatoms. The topological polar surface area (TPSA) is 57.6 Å². The van der Waals surface area contributed by atoms with E-state index in [9.17, 15) is 9.59 Å². The lowest BCUT2D eigenvalue weighted by Crippen LogP contribution is -2.31. The molecule has 0 aromatic carbocycles. The van der Waals surface area contributed by atoms with E-state index in [4.69, 9.17) is 16.7 Å². The minimum absolute atomic E-state index is 0.000941. The van der Waals surface area contributed by atoms with Crippen LogP contribution in [0.3, 0.4) is 0 Å². The Morgan fingerprint density at radius 2 is 2.30 bits per heavy atom. The standard InChI is InChI=1S/C5H6ClNO3/c6-3-1-4(9)7(2-8)5(3)10/h3,8H,1-2H2. The number of halogens is 1. The fraction of sp³-hybridized carbons (Fsp3) is 0.600. The Hall–Kier alpha value is -0.610. The van der Waals surface area contributed by atoms with Crippen LogP contribution in [-0.4, -0.2) is 33.9 Å². The van der Waals surface area contributed by atoms with Gasteiger partial charge in [0, 0.05) is 0 Å². The third-order valence-corrected chi connectivity index (χ3v) is 1.67. The average molecular weight is 164 g/mol. The molecule has 1 aliphatic rings. The molecule has 0 aliphatic carbocycles. The maximum absolute atomic E-state index is 10.8. The van der Waals surface area contributed by atoms with Gasteiger partial charge in [-0.2, -0.15) is 0 Å². The van der Waals surface area contributed by atoms with Crippen LogP contribution in [-0.2, 0) is 9.59 Å². The van der Waals surface area contributed by atoms with Gasteiger partial charge in [-0.3, -0.25) is 14.5 Å². The van der Waals surface area contributed by atoms with Gasteiger partial charge in [-0.1, -0.05) is 0 Å². The van der Waals surface area contributed by atoms with Crippen LogP contribution in [0.5, 0.6) is 0 Å². The highest BCUT2D eigenvalue weighted by Crippen LogP contribution is 2.16. The zero-order chi connectivity index (χ0) is 7.72. The molecule has 56 valence electrons. The van der Waals surface area contributed by atoms with Gasteiger partial charge in [0.1, 0.15) is 12.1 Å². The second-order valence-corrected chi connectivity index (χ2v) is 2.50. The van der Waals surface area contributed by atoms with Gasteiger partial charge >= 0.3 is 0 Å². The molecule has 4 nitrogen and oxygen atoms in total. The van der Waals surface area contributed by atoms with Crippen molar-refractivity contribution < 1.29 is 14.7 Å². The van der Waals surface area contributed by atoms with Crippen LogP contribution in [0.15, 0.2) is 0 Å². The Balaban J connectivity index is 2.74. The van der Waals surface area contributed by atoms with Crippen molar-refractivity contribution in [3.05, 3.63) is 0 Å². The van der Waals surface area contributed by atoms with Crippen molar-refractivity contribution in [3.8, 4) is 0 Å². The van der Waals surface area contributed by atoms with E-state index in [2.05, 4.69) is 0 Å². The number of nitrogens with zero attached hydrogens (tertiary/aromatic N) is 1. The third-order valence-electron chi connectivity index (χ3n) is 1.33. The Morgan fingerprint density at radius 3 is 2.50 bits per heavy atom. The summed E-state index contributed by atoms with van der Waals surface area (Å²) in [7, 11) is 0. The first-order valence-electron chi connectivity index (χ1n) is 2.76. The quantitative estimate of drug-likeness (QED) is 0.411. The molecule has 0 aromatic heterocycles. The van der Waals surface area contributed by atoms with Crippen LogP contribution < -0.4 is 0 Å². The molecule has 1 rings (SSSR count). The highest BCUT2D eigenvalue weighted by molar-refractivity contribution is 6.35. The number of aliphatic hydroxyl groups excluding tert-OH is 1. The third kappa shape index (κ3) is 0.998.